The Morgan fingerprint density at radius 1 is 0.950 bits per heavy atom. The fraction of sp³-hybridized carbons (Fsp3) is 0.0588. The first-order valence-electron chi connectivity index (χ1n) is 6.43. The van der Waals surface area contributed by atoms with Crippen LogP contribution in [0.3, 0.4) is 0 Å². The summed E-state index contributed by atoms with van der Waals surface area (Å²) in [7, 11) is 0. The molecule has 0 unspecified atom stereocenters. The number of aromatic nitrogens is 1. The monoisotopic (exact) mass is 263 g/mol. The zero-order valence-electron chi connectivity index (χ0n) is 10.8. The predicted octanol–water partition coefficient (Wildman–Crippen LogP) is 2.95. The lowest BCUT2D eigenvalue weighted by atomic mass is 10.1. The van der Waals surface area contributed by atoms with E-state index in [9.17, 15) is 9.59 Å². The molecule has 2 aromatic carbocycles. The van der Waals surface area contributed by atoms with Crippen LogP contribution in [0.25, 0.3) is 10.9 Å². The maximum Gasteiger partial charge on any atom is 0.189 e. The van der Waals surface area contributed by atoms with Crippen molar-refractivity contribution in [2.45, 2.75) is 6.42 Å². The van der Waals surface area contributed by atoms with Gasteiger partial charge in [-0.25, -0.2) is 0 Å². The van der Waals surface area contributed by atoms with E-state index in [0.717, 1.165) is 5.52 Å². The van der Waals surface area contributed by atoms with Gasteiger partial charge >= 0.3 is 0 Å². The smallest absolute Gasteiger partial charge is 0.189 e. The lowest BCUT2D eigenvalue weighted by molar-refractivity contribution is 0.0992. The summed E-state index contributed by atoms with van der Waals surface area (Å²) in [5.41, 5.74) is 2.00. The van der Waals surface area contributed by atoms with Crippen LogP contribution in [0.1, 0.15) is 16.1 Å². The van der Waals surface area contributed by atoms with Crippen molar-refractivity contribution in [2.75, 3.05) is 0 Å². The molecule has 0 saturated heterocycles. The maximum absolute atomic E-state index is 12.1. The van der Waals surface area contributed by atoms with Crippen molar-refractivity contribution < 1.29 is 4.79 Å². The van der Waals surface area contributed by atoms with Gasteiger partial charge in [0, 0.05) is 28.2 Å². The number of nitrogens with one attached hydrogen (secondary N) is 1. The first-order chi connectivity index (χ1) is 9.74. The molecule has 0 aliphatic carbocycles. The van der Waals surface area contributed by atoms with Crippen LogP contribution in [0, 0.1) is 0 Å². The third kappa shape index (κ3) is 2.38. The Morgan fingerprint density at radius 2 is 1.65 bits per heavy atom. The number of benzene rings is 2. The summed E-state index contributed by atoms with van der Waals surface area (Å²) in [5.74, 6) is -0.00321. The third-order valence-corrected chi connectivity index (χ3v) is 3.24. The topological polar surface area (TPSA) is 49.9 Å². The lowest BCUT2D eigenvalue weighted by Gasteiger charge is -2.04. The van der Waals surface area contributed by atoms with Crippen molar-refractivity contribution in [1.29, 1.82) is 0 Å². The van der Waals surface area contributed by atoms with Gasteiger partial charge in [-0.15, -0.1) is 0 Å². The quantitative estimate of drug-likeness (QED) is 0.738. The van der Waals surface area contributed by atoms with E-state index in [2.05, 4.69) is 4.98 Å². The summed E-state index contributed by atoms with van der Waals surface area (Å²) < 4.78 is 0. The molecule has 1 heterocycles. The van der Waals surface area contributed by atoms with Gasteiger partial charge in [0.05, 0.1) is 6.42 Å². The van der Waals surface area contributed by atoms with Gasteiger partial charge in [0.2, 0.25) is 0 Å². The number of carbonyl (C=O) groups is 1. The number of Topliss-reactive ketones (excluding diaryl/α,β-unsaturated/α-hetero) is 1. The second-order valence-electron chi connectivity index (χ2n) is 4.67. The molecule has 0 aliphatic rings. The van der Waals surface area contributed by atoms with Crippen LogP contribution in [0.4, 0.5) is 0 Å². The molecule has 3 nitrogen and oxygen atoms in total. The number of carbonyl (C=O) groups excluding carboxylic acids is 1. The molecule has 0 bridgehead atoms. The highest BCUT2D eigenvalue weighted by Gasteiger charge is 2.08. The molecule has 1 N–H and O–H groups in total. The normalized spacial score (nSPS) is 10.6. The van der Waals surface area contributed by atoms with Gasteiger partial charge in [0.1, 0.15) is 0 Å². The van der Waals surface area contributed by atoms with Gasteiger partial charge in [-0.3, -0.25) is 9.59 Å². The summed E-state index contributed by atoms with van der Waals surface area (Å²) in [5, 5.41) is 0.642. The van der Waals surface area contributed by atoms with Gasteiger partial charge in [0.25, 0.3) is 0 Å². The Labute approximate surface area is 115 Å². The second-order valence-corrected chi connectivity index (χ2v) is 4.67. The molecule has 3 aromatic rings. The van der Waals surface area contributed by atoms with Crippen LogP contribution in [-0.4, -0.2) is 10.8 Å². The summed E-state index contributed by atoms with van der Waals surface area (Å²) in [6.07, 6.45) is 0.198. The van der Waals surface area contributed by atoms with E-state index in [0.29, 0.717) is 16.6 Å². The van der Waals surface area contributed by atoms with Gasteiger partial charge in [-0.2, -0.15) is 0 Å². The molecule has 0 amide bonds. The van der Waals surface area contributed by atoms with Crippen LogP contribution in [-0.2, 0) is 6.42 Å². The fourth-order valence-corrected chi connectivity index (χ4v) is 2.25. The number of hydrogen-bond donors (Lipinski definition) is 1. The molecule has 0 radical (unpaired) electrons. The number of aromatic amines is 1. The molecule has 1 aromatic heterocycles. The van der Waals surface area contributed by atoms with Crippen molar-refractivity contribution in [1.82, 2.24) is 4.98 Å². The molecule has 0 atom stereocenters. The molecule has 0 spiro atoms. The fourth-order valence-electron chi connectivity index (χ4n) is 2.25. The van der Waals surface area contributed by atoms with Crippen molar-refractivity contribution in [3.05, 3.63) is 82.1 Å². The van der Waals surface area contributed by atoms with E-state index < -0.39 is 0 Å². The van der Waals surface area contributed by atoms with Crippen molar-refractivity contribution >= 4 is 16.7 Å². The molecule has 0 fully saturated rings. The Balaban J connectivity index is 1.96. The highest BCUT2D eigenvalue weighted by atomic mass is 16.1. The lowest BCUT2D eigenvalue weighted by Crippen LogP contribution is -2.10. The molecule has 0 aliphatic heterocycles. The van der Waals surface area contributed by atoms with E-state index in [1.807, 2.05) is 36.4 Å². The van der Waals surface area contributed by atoms with Crippen LogP contribution in [0.5, 0.6) is 0 Å². The average molecular weight is 263 g/mol. The Kier molecular flexibility index (Phi) is 3.17. The second kappa shape index (κ2) is 5.13. The van der Waals surface area contributed by atoms with E-state index >= 15 is 0 Å². The zero-order chi connectivity index (χ0) is 13.9. The molecular formula is C17H13NO2. The molecular weight excluding hydrogens is 250 g/mol. The van der Waals surface area contributed by atoms with Gasteiger partial charge < -0.3 is 4.98 Å². The van der Waals surface area contributed by atoms with Crippen molar-refractivity contribution in [2.24, 2.45) is 0 Å². The van der Waals surface area contributed by atoms with Crippen LogP contribution >= 0.6 is 0 Å². The average Bonchev–Trinajstić information content (AvgIpc) is 2.48. The van der Waals surface area contributed by atoms with Crippen molar-refractivity contribution in [3.63, 3.8) is 0 Å². The van der Waals surface area contributed by atoms with Crippen LogP contribution < -0.4 is 5.43 Å². The van der Waals surface area contributed by atoms with Crippen LogP contribution in [0.2, 0.25) is 0 Å². The summed E-state index contributed by atoms with van der Waals surface area (Å²) in [6, 6.07) is 17.9. The number of pyridine rings is 1. The maximum atomic E-state index is 12.1. The zero-order valence-corrected chi connectivity index (χ0v) is 10.8. The highest BCUT2D eigenvalue weighted by molar-refractivity contribution is 5.97. The number of hydrogen-bond acceptors (Lipinski definition) is 2. The third-order valence-electron chi connectivity index (χ3n) is 3.24. The number of para-hydroxylation sites is 1. The summed E-state index contributed by atoms with van der Waals surface area (Å²) in [6.45, 7) is 0. The van der Waals surface area contributed by atoms with Gasteiger partial charge in [-0.1, -0.05) is 42.5 Å². The molecule has 3 heteroatoms. The van der Waals surface area contributed by atoms with Gasteiger partial charge in [-0.05, 0) is 12.1 Å². The van der Waals surface area contributed by atoms with Crippen molar-refractivity contribution in [3.8, 4) is 0 Å². The highest BCUT2D eigenvalue weighted by Crippen LogP contribution is 2.10. The van der Waals surface area contributed by atoms with E-state index in [-0.39, 0.29) is 17.6 Å². The largest absolute Gasteiger partial charge is 0.358 e. The first kappa shape index (κ1) is 12.4. The first-order valence-corrected chi connectivity index (χ1v) is 6.43. The predicted molar refractivity (Wildman–Crippen MR) is 79.0 cm³/mol. The van der Waals surface area contributed by atoms with Crippen LogP contribution in [0.15, 0.2) is 65.5 Å². The standard InChI is InChI=1S/C17H13NO2/c19-16(12-6-2-1-3-7-12)10-13-11-17(20)14-8-4-5-9-15(14)18-13/h1-9,11H,10H2,(H,18,20). The Hall–Kier alpha value is -2.68. The molecule has 98 valence electrons. The molecule has 0 saturated carbocycles. The molecule has 3 rings (SSSR count). The van der Waals surface area contributed by atoms with E-state index in [1.54, 1.807) is 18.2 Å². The van der Waals surface area contributed by atoms with E-state index in [4.69, 9.17) is 0 Å². The number of rotatable bonds is 3. The minimum Gasteiger partial charge on any atom is -0.358 e. The minimum absolute atomic E-state index is 0.00321. The summed E-state index contributed by atoms with van der Waals surface area (Å²) in [4.78, 5) is 27.3. The molecule has 20 heavy (non-hydrogen) atoms. The minimum atomic E-state index is -0.0600. The Morgan fingerprint density at radius 3 is 2.45 bits per heavy atom. The SMILES string of the molecule is O=C(Cc1cc(=O)c2ccccc2[nH]1)c1ccccc1. The number of ketones is 1. The van der Waals surface area contributed by atoms with Gasteiger partial charge in [0.15, 0.2) is 11.2 Å². The summed E-state index contributed by atoms with van der Waals surface area (Å²) >= 11 is 0. The number of H-pyrrole nitrogens is 1. The Bertz CT molecular complexity index is 819. The van der Waals surface area contributed by atoms with E-state index in [1.165, 1.54) is 6.07 Å². The number of fused-ring (bicyclic) bond motifs is 1.